The van der Waals surface area contributed by atoms with Crippen LogP contribution in [0.5, 0.6) is 0 Å². The summed E-state index contributed by atoms with van der Waals surface area (Å²) in [5.41, 5.74) is 0.371. The SMILES string of the molecule is CC(C)(C)C(CC(CO)NC(=O)OCc1ccccc1)C(=O)O. The molecule has 0 heterocycles. The molecule has 0 fully saturated rings. The maximum Gasteiger partial charge on any atom is 0.407 e. The number of carboxylic acids is 1. The fourth-order valence-electron chi connectivity index (χ4n) is 2.22. The average Bonchev–Trinajstić information content (AvgIpc) is 2.48. The van der Waals surface area contributed by atoms with E-state index in [9.17, 15) is 19.8 Å². The van der Waals surface area contributed by atoms with Gasteiger partial charge in [-0.1, -0.05) is 51.1 Å². The molecule has 3 N–H and O–H groups in total. The predicted molar refractivity (Wildman–Crippen MR) is 85.8 cm³/mol. The molecule has 6 heteroatoms. The minimum absolute atomic E-state index is 0.118. The number of nitrogens with one attached hydrogen (secondary N) is 1. The van der Waals surface area contributed by atoms with Crippen molar-refractivity contribution >= 4 is 12.1 Å². The number of carbonyl (C=O) groups excluding carboxylic acids is 1. The zero-order valence-electron chi connectivity index (χ0n) is 13.8. The molecule has 0 spiro atoms. The van der Waals surface area contributed by atoms with Crippen LogP contribution in [0.2, 0.25) is 0 Å². The molecule has 0 aliphatic rings. The highest BCUT2D eigenvalue weighted by atomic mass is 16.5. The molecule has 6 nitrogen and oxygen atoms in total. The smallest absolute Gasteiger partial charge is 0.407 e. The first-order chi connectivity index (χ1) is 10.7. The molecule has 0 aromatic heterocycles. The number of aliphatic carboxylic acids is 1. The minimum atomic E-state index is -0.949. The van der Waals surface area contributed by atoms with Gasteiger partial charge in [0.2, 0.25) is 0 Å². The van der Waals surface area contributed by atoms with Gasteiger partial charge in [-0.05, 0) is 17.4 Å². The molecule has 0 saturated heterocycles. The Labute approximate surface area is 136 Å². The molecule has 0 radical (unpaired) electrons. The molecule has 0 aliphatic heterocycles. The van der Waals surface area contributed by atoms with E-state index in [1.807, 2.05) is 51.1 Å². The fraction of sp³-hybridized carbons (Fsp3) is 0.529. The molecular weight excluding hydrogens is 298 g/mol. The molecule has 0 aliphatic carbocycles. The maximum absolute atomic E-state index is 11.8. The number of aliphatic hydroxyl groups excluding tert-OH is 1. The van der Waals surface area contributed by atoms with Crippen LogP contribution in [0.1, 0.15) is 32.8 Å². The minimum Gasteiger partial charge on any atom is -0.481 e. The van der Waals surface area contributed by atoms with Crippen molar-refractivity contribution in [3.8, 4) is 0 Å². The topological polar surface area (TPSA) is 95.9 Å². The molecule has 1 rings (SSSR count). The van der Waals surface area contributed by atoms with Crippen LogP contribution < -0.4 is 5.32 Å². The van der Waals surface area contributed by atoms with E-state index in [1.165, 1.54) is 0 Å². The highest BCUT2D eigenvalue weighted by Gasteiger charge is 2.33. The van der Waals surface area contributed by atoms with E-state index in [1.54, 1.807) is 0 Å². The number of hydrogen-bond acceptors (Lipinski definition) is 4. The lowest BCUT2D eigenvalue weighted by Gasteiger charge is -2.30. The molecular formula is C17H25NO5. The van der Waals surface area contributed by atoms with Gasteiger partial charge in [0.15, 0.2) is 0 Å². The lowest BCUT2D eigenvalue weighted by molar-refractivity contribution is -0.146. The van der Waals surface area contributed by atoms with E-state index < -0.39 is 29.4 Å². The summed E-state index contributed by atoms with van der Waals surface area (Å²) in [4.78, 5) is 23.2. The summed E-state index contributed by atoms with van der Waals surface area (Å²) < 4.78 is 5.08. The van der Waals surface area contributed by atoms with Crippen LogP contribution in [-0.2, 0) is 16.1 Å². The number of aliphatic hydroxyl groups is 1. The summed E-state index contributed by atoms with van der Waals surface area (Å²) >= 11 is 0. The summed E-state index contributed by atoms with van der Waals surface area (Å²) in [5.74, 6) is -1.63. The van der Waals surface area contributed by atoms with Gasteiger partial charge in [0, 0.05) is 0 Å². The van der Waals surface area contributed by atoms with Crippen molar-refractivity contribution in [1.29, 1.82) is 0 Å². The number of carboxylic acid groups (broad SMARTS) is 1. The number of ether oxygens (including phenoxy) is 1. The van der Waals surface area contributed by atoms with Crippen molar-refractivity contribution in [2.24, 2.45) is 11.3 Å². The lowest BCUT2D eigenvalue weighted by Crippen LogP contribution is -2.42. The van der Waals surface area contributed by atoms with E-state index in [0.717, 1.165) is 5.56 Å². The molecule has 1 amide bonds. The second kappa shape index (κ2) is 8.53. The van der Waals surface area contributed by atoms with Crippen LogP contribution in [-0.4, -0.2) is 34.9 Å². The maximum atomic E-state index is 11.8. The normalized spacial score (nSPS) is 13.9. The molecule has 0 bridgehead atoms. The largest absolute Gasteiger partial charge is 0.481 e. The quantitative estimate of drug-likeness (QED) is 0.716. The molecule has 2 unspecified atom stereocenters. The van der Waals surface area contributed by atoms with Crippen LogP contribution in [0.3, 0.4) is 0 Å². The first kappa shape index (κ1) is 19.0. The molecule has 128 valence electrons. The highest BCUT2D eigenvalue weighted by Crippen LogP contribution is 2.30. The van der Waals surface area contributed by atoms with Gasteiger partial charge in [-0.15, -0.1) is 0 Å². The van der Waals surface area contributed by atoms with Gasteiger partial charge >= 0.3 is 12.1 Å². The van der Waals surface area contributed by atoms with Crippen molar-refractivity contribution in [3.05, 3.63) is 35.9 Å². The van der Waals surface area contributed by atoms with Crippen molar-refractivity contribution < 1.29 is 24.5 Å². The fourth-order valence-corrected chi connectivity index (χ4v) is 2.22. The van der Waals surface area contributed by atoms with Gasteiger partial charge in [0.1, 0.15) is 6.61 Å². The zero-order valence-corrected chi connectivity index (χ0v) is 13.8. The Kier molecular flexibility index (Phi) is 7.03. The van der Waals surface area contributed by atoms with Crippen molar-refractivity contribution in [2.45, 2.75) is 39.8 Å². The summed E-state index contributed by atoms with van der Waals surface area (Å²) in [6, 6.07) is 8.54. The van der Waals surface area contributed by atoms with Gasteiger partial charge < -0.3 is 20.3 Å². The number of amides is 1. The average molecular weight is 323 g/mol. The van der Waals surface area contributed by atoms with E-state index in [4.69, 9.17) is 4.74 Å². The van der Waals surface area contributed by atoms with Crippen LogP contribution in [0.15, 0.2) is 30.3 Å². The number of benzene rings is 1. The Balaban J connectivity index is 2.54. The Bertz CT molecular complexity index is 509. The third-order valence-electron chi connectivity index (χ3n) is 3.62. The Morgan fingerprint density at radius 1 is 1.22 bits per heavy atom. The molecule has 1 aromatic rings. The third kappa shape index (κ3) is 6.69. The summed E-state index contributed by atoms with van der Waals surface area (Å²) in [7, 11) is 0. The van der Waals surface area contributed by atoms with Gasteiger partial charge in [0.25, 0.3) is 0 Å². The van der Waals surface area contributed by atoms with Crippen LogP contribution >= 0.6 is 0 Å². The van der Waals surface area contributed by atoms with E-state index in [0.29, 0.717) is 0 Å². The summed E-state index contributed by atoms with van der Waals surface area (Å²) in [5, 5.41) is 21.2. The molecule has 1 aromatic carbocycles. The van der Waals surface area contributed by atoms with Gasteiger partial charge in [-0.25, -0.2) is 4.79 Å². The number of carbonyl (C=O) groups is 2. The highest BCUT2D eigenvalue weighted by molar-refractivity contribution is 5.71. The first-order valence-corrected chi connectivity index (χ1v) is 7.55. The first-order valence-electron chi connectivity index (χ1n) is 7.55. The van der Waals surface area contributed by atoms with Crippen molar-refractivity contribution in [2.75, 3.05) is 6.61 Å². The van der Waals surface area contributed by atoms with Gasteiger partial charge in [-0.3, -0.25) is 4.79 Å². The zero-order chi connectivity index (χ0) is 17.5. The second-order valence-corrected chi connectivity index (χ2v) is 6.58. The summed E-state index contributed by atoms with van der Waals surface area (Å²) in [6.45, 7) is 5.21. The monoisotopic (exact) mass is 323 g/mol. The van der Waals surface area contributed by atoms with Crippen molar-refractivity contribution in [3.63, 3.8) is 0 Å². The molecule has 0 saturated carbocycles. The molecule has 2 atom stereocenters. The van der Waals surface area contributed by atoms with E-state index in [2.05, 4.69) is 5.32 Å². The second-order valence-electron chi connectivity index (χ2n) is 6.58. The van der Waals surface area contributed by atoms with Crippen LogP contribution in [0.25, 0.3) is 0 Å². The van der Waals surface area contributed by atoms with Crippen LogP contribution in [0, 0.1) is 11.3 Å². The standard InChI is InChI=1S/C17H25NO5/c1-17(2,3)14(15(20)21)9-13(10-19)18-16(22)23-11-12-7-5-4-6-8-12/h4-8,13-14,19H,9-11H2,1-3H3,(H,18,22)(H,20,21). The summed E-state index contributed by atoms with van der Waals surface area (Å²) in [6.07, 6.45) is -0.540. The van der Waals surface area contributed by atoms with Crippen molar-refractivity contribution in [1.82, 2.24) is 5.32 Å². The third-order valence-corrected chi connectivity index (χ3v) is 3.62. The van der Waals surface area contributed by atoms with E-state index in [-0.39, 0.29) is 19.6 Å². The van der Waals surface area contributed by atoms with Crippen LogP contribution in [0.4, 0.5) is 4.79 Å². The van der Waals surface area contributed by atoms with Gasteiger partial charge in [0.05, 0.1) is 18.6 Å². The number of hydrogen-bond donors (Lipinski definition) is 3. The number of rotatable bonds is 7. The lowest BCUT2D eigenvalue weighted by atomic mass is 9.77. The Morgan fingerprint density at radius 2 is 1.83 bits per heavy atom. The predicted octanol–water partition coefficient (Wildman–Crippen LogP) is 2.41. The Morgan fingerprint density at radius 3 is 2.30 bits per heavy atom. The molecule has 23 heavy (non-hydrogen) atoms. The Hall–Kier alpha value is -2.08. The van der Waals surface area contributed by atoms with E-state index >= 15 is 0 Å². The number of alkyl carbamates (subject to hydrolysis) is 1. The van der Waals surface area contributed by atoms with Gasteiger partial charge in [-0.2, -0.15) is 0 Å².